The topological polar surface area (TPSA) is 40.6 Å². The first-order valence-corrected chi connectivity index (χ1v) is 11.9. The molecule has 0 aliphatic carbocycles. The predicted molar refractivity (Wildman–Crippen MR) is 97.7 cm³/mol. The number of hydrogen-bond acceptors (Lipinski definition) is 2. The summed E-state index contributed by atoms with van der Waals surface area (Å²) in [7, 11) is 0. The molecule has 144 valence electrons. The molecule has 7 heteroatoms. The number of anilines is 2. The van der Waals surface area contributed by atoms with Crippen LogP contribution in [0.1, 0.15) is 39.5 Å². The maximum atomic E-state index is 12.7. The van der Waals surface area contributed by atoms with Gasteiger partial charge in [0.25, 0.3) is 0 Å². The van der Waals surface area contributed by atoms with Gasteiger partial charge in [0.1, 0.15) is 0 Å². The maximum Gasteiger partial charge on any atom is -1.00 e. The molecule has 0 aliphatic heterocycles. The number of nitrogens with zero attached hydrogens (tertiary/aromatic N) is 2. The van der Waals surface area contributed by atoms with E-state index in [1.54, 1.807) is 0 Å². The second-order valence-electron chi connectivity index (χ2n) is 5.73. The second kappa shape index (κ2) is 13.9. The van der Waals surface area contributed by atoms with E-state index in [9.17, 15) is 9.59 Å². The summed E-state index contributed by atoms with van der Waals surface area (Å²) in [5.41, 5.74) is 1.80. The molecule has 0 aromatic heterocycles. The average molecular weight is 574 g/mol. The van der Waals surface area contributed by atoms with Gasteiger partial charge in [-0.3, -0.25) is 0 Å². The van der Waals surface area contributed by atoms with Gasteiger partial charge in [-0.1, -0.05) is 0 Å². The first kappa shape index (κ1) is 25.8. The number of benzene rings is 2. The Bertz CT molecular complexity index is 627. The van der Waals surface area contributed by atoms with E-state index < -0.39 is 23.5 Å². The van der Waals surface area contributed by atoms with Gasteiger partial charge in [-0.15, -0.1) is 0 Å². The summed E-state index contributed by atoms with van der Waals surface area (Å²) in [5.74, 6) is 0.226. The van der Waals surface area contributed by atoms with E-state index in [1.807, 2.05) is 80.3 Å². The molecular weight excluding hydrogens is 550 g/mol. The van der Waals surface area contributed by atoms with E-state index in [0.717, 1.165) is 24.2 Å². The third-order valence-electron chi connectivity index (χ3n) is 3.66. The minimum atomic E-state index is -1.95. The molecule has 27 heavy (non-hydrogen) atoms. The van der Waals surface area contributed by atoms with E-state index in [2.05, 4.69) is 0 Å². The van der Waals surface area contributed by atoms with E-state index in [0.29, 0.717) is 12.8 Å². The Kier molecular flexibility index (Phi) is 13.3. The molecule has 2 amide bonds. The number of para-hydroxylation sites is 2. The number of amides is 2. The quantitative estimate of drug-likeness (QED) is 0.364. The molecule has 4 nitrogen and oxygen atoms in total. The van der Waals surface area contributed by atoms with Crippen LogP contribution in [0.2, 0.25) is 0 Å². The summed E-state index contributed by atoms with van der Waals surface area (Å²) in [6.45, 7) is 4.01. The normalized spacial score (nSPS) is 9.26. The Morgan fingerprint density at radius 1 is 0.704 bits per heavy atom. The zero-order chi connectivity index (χ0) is 18.1. The van der Waals surface area contributed by atoms with Crippen LogP contribution in [0.3, 0.4) is 0 Å². The summed E-state index contributed by atoms with van der Waals surface area (Å²) < 4.78 is 3.79. The van der Waals surface area contributed by atoms with Gasteiger partial charge in [-0.25, -0.2) is 0 Å². The Hall–Kier alpha value is -1.17. The van der Waals surface area contributed by atoms with Crippen molar-refractivity contribution >= 4 is 23.2 Å². The van der Waals surface area contributed by atoms with Crippen molar-refractivity contribution in [1.82, 2.24) is 0 Å². The molecule has 0 radical (unpaired) electrons. The third kappa shape index (κ3) is 7.76. The van der Waals surface area contributed by atoms with Crippen molar-refractivity contribution in [3.05, 3.63) is 60.7 Å². The van der Waals surface area contributed by atoms with Crippen LogP contribution in [0.25, 0.3) is 0 Å². The van der Waals surface area contributed by atoms with E-state index in [-0.39, 0.29) is 36.6 Å². The van der Waals surface area contributed by atoms with Crippen LogP contribution in [0.15, 0.2) is 60.7 Å². The first-order chi connectivity index (χ1) is 12.2. The van der Waals surface area contributed by atoms with Gasteiger partial charge >= 0.3 is 162 Å². The van der Waals surface area contributed by atoms with Gasteiger partial charge in [-0.2, -0.15) is 0 Å². The van der Waals surface area contributed by atoms with Crippen molar-refractivity contribution in [2.45, 2.75) is 39.5 Å². The Morgan fingerprint density at radius 2 is 1.04 bits per heavy atom. The van der Waals surface area contributed by atoms with Crippen LogP contribution in [-0.4, -0.2) is 11.8 Å². The number of halogens is 2. The average Bonchev–Trinajstić information content (AvgIpc) is 2.64. The van der Waals surface area contributed by atoms with Crippen LogP contribution in [0.4, 0.5) is 11.4 Å². The van der Waals surface area contributed by atoms with Gasteiger partial charge in [0.2, 0.25) is 0 Å². The fourth-order valence-corrected chi connectivity index (χ4v) is 6.64. The molecule has 2 aromatic carbocycles. The number of carbonyl (C=O) groups excluding carboxylic acids is 2. The molecule has 2 rings (SSSR count). The van der Waals surface area contributed by atoms with E-state index in [1.165, 1.54) is 0 Å². The van der Waals surface area contributed by atoms with Crippen molar-refractivity contribution in [2.24, 2.45) is 0 Å². The third-order valence-corrected chi connectivity index (χ3v) is 8.74. The fourth-order valence-electron chi connectivity index (χ4n) is 2.42. The van der Waals surface area contributed by atoms with Crippen molar-refractivity contribution in [2.75, 3.05) is 5.78 Å². The monoisotopic (exact) mass is 574 g/mol. The van der Waals surface area contributed by atoms with Crippen LogP contribution in [0.5, 0.6) is 0 Å². The smallest absolute Gasteiger partial charge is 1.00 e. The Balaban J connectivity index is 0.00000338. The van der Waals surface area contributed by atoms with Gasteiger partial charge in [0.05, 0.1) is 0 Å². The van der Waals surface area contributed by atoms with Crippen molar-refractivity contribution in [3.8, 4) is 0 Å². The SMILES string of the molecule is CCCC(=O)[N]([Hf+2][N](C(=O)CCC)c1ccccc1)c1ccccc1.[Cl-].[Cl-]. The molecular formula is C20H24Cl2HfN2O2. The molecule has 0 fully saturated rings. The molecule has 2 aromatic rings. The molecule has 0 bridgehead atoms. The Labute approximate surface area is 186 Å². The van der Waals surface area contributed by atoms with Gasteiger partial charge in [0.15, 0.2) is 0 Å². The molecule has 0 atom stereocenters. The first-order valence-electron chi connectivity index (χ1n) is 8.69. The minimum absolute atomic E-state index is 0. The van der Waals surface area contributed by atoms with Crippen molar-refractivity contribution in [3.63, 3.8) is 0 Å². The fraction of sp³-hybridized carbons (Fsp3) is 0.300. The molecule has 0 aliphatic rings. The van der Waals surface area contributed by atoms with Crippen LogP contribution in [0, 0.1) is 0 Å². The molecule has 0 spiro atoms. The zero-order valence-corrected chi connectivity index (χ0v) is 20.7. The molecule has 0 N–H and O–H groups in total. The van der Waals surface area contributed by atoms with E-state index >= 15 is 0 Å². The van der Waals surface area contributed by atoms with Gasteiger partial charge in [0, 0.05) is 0 Å². The largest absolute Gasteiger partial charge is 1.00 e. The summed E-state index contributed by atoms with van der Waals surface area (Å²) in [4.78, 5) is 25.5. The standard InChI is InChI=1S/2C10H13NO.2ClH.Hf/c2*1-2-6-10(12)11-9-7-4-3-5-8-9;;;/h2*3-5,7-8H,2,6H2,1H3,(H,11,12);2*1H;/q;;;;+4/p-4. The number of carbonyl (C=O) groups is 2. The van der Waals surface area contributed by atoms with Crippen LogP contribution in [-0.2, 0) is 33.1 Å². The summed E-state index contributed by atoms with van der Waals surface area (Å²) >= 11 is -1.95. The molecule has 0 saturated heterocycles. The summed E-state index contributed by atoms with van der Waals surface area (Å²) in [5, 5.41) is 0. The minimum Gasteiger partial charge on any atom is -1.00 e. The number of hydrogen-bond donors (Lipinski definition) is 0. The summed E-state index contributed by atoms with van der Waals surface area (Å²) in [6.07, 6.45) is 2.62. The van der Waals surface area contributed by atoms with Gasteiger partial charge < -0.3 is 24.8 Å². The zero-order valence-electron chi connectivity index (χ0n) is 15.6. The second-order valence-corrected chi connectivity index (χ2v) is 9.66. The van der Waals surface area contributed by atoms with Crippen LogP contribution >= 0.6 is 0 Å². The molecule has 0 heterocycles. The van der Waals surface area contributed by atoms with E-state index in [4.69, 9.17) is 0 Å². The number of rotatable bonds is 8. The predicted octanol–water partition coefficient (Wildman–Crippen LogP) is -1.43. The molecule has 0 saturated carbocycles. The summed E-state index contributed by atoms with van der Waals surface area (Å²) in [6, 6.07) is 19.4. The van der Waals surface area contributed by atoms with Crippen LogP contribution < -0.4 is 30.6 Å². The molecule has 0 unspecified atom stereocenters. The Morgan fingerprint density at radius 3 is 1.33 bits per heavy atom. The van der Waals surface area contributed by atoms with Crippen molar-refractivity contribution in [1.29, 1.82) is 0 Å². The van der Waals surface area contributed by atoms with Gasteiger partial charge in [-0.05, 0) is 0 Å². The maximum absolute atomic E-state index is 12.7. The van der Waals surface area contributed by atoms with Crippen molar-refractivity contribution < 1.29 is 57.9 Å².